The third kappa shape index (κ3) is 4.19. The van der Waals surface area contributed by atoms with E-state index in [-0.39, 0.29) is 12.0 Å². The van der Waals surface area contributed by atoms with Crippen LogP contribution in [0.4, 0.5) is 0 Å². The fourth-order valence-electron chi connectivity index (χ4n) is 4.29. The van der Waals surface area contributed by atoms with Crippen LogP contribution in [0.2, 0.25) is 0 Å². The Kier molecular flexibility index (Phi) is 5.67. The van der Waals surface area contributed by atoms with Gasteiger partial charge in [0, 0.05) is 51.4 Å². The van der Waals surface area contributed by atoms with Crippen molar-refractivity contribution in [1.82, 2.24) is 24.6 Å². The average molecular weight is 422 g/mol. The van der Waals surface area contributed by atoms with Crippen LogP contribution in [-0.2, 0) is 23.1 Å². The largest absolute Gasteiger partial charge is 0.378 e. The van der Waals surface area contributed by atoms with E-state index in [0.29, 0.717) is 38.5 Å². The maximum atomic E-state index is 13.3. The van der Waals surface area contributed by atoms with Gasteiger partial charge in [0.1, 0.15) is 6.10 Å². The molecule has 31 heavy (non-hydrogen) atoms. The maximum Gasteiger partial charge on any atom is 0.254 e. The second kappa shape index (κ2) is 8.74. The zero-order valence-electron chi connectivity index (χ0n) is 17.7. The van der Waals surface area contributed by atoms with Crippen LogP contribution in [0, 0.1) is 0 Å². The third-order valence-electron chi connectivity index (χ3n) is 6.05. The summed E-state index contributed by atoms with van der Waals surface area (Å²) in [6.07, 6.45) is 1.64. The highest BCUT2D eigenvalue weighted by Gasteiger charge is 2.27. The van der Waals surface area contributed by atoms with Gasteiger partial charge < -0.3 is 14.4 Å². The number of benzene rings is 1. The first kappa shape index (κ1) is 20.1. The monoisotopic (exact) mass is 421 g/mol. The zero-order valence-corrected chi connectivity index (χ0v) is 17.7. The predicted octanol–water partition coefficient (Wildman–Crippen LogP) is 2.01. The number of aromatic nitrogens is 3. The molecule has 2 fully saturated rings. The summed E-state index contributed by atoms with van der Waals surface area (Å²) in [7, 11) is 1.96. The number of morpholine rings is 2. The number of nitrogens with zero attached hydrogens (tertiary/aromatic N) is 5. The molecule has 5 rings (SSSR count). The second-order valence-electron chi connectivity index (χ2n) is 8.06. The Bertz CT molecular complexity index is 1080. The number of para-hydroxylation sites is 1. The number of ether oxygens (including phenoxy) is 2. The summed E-state index contributed by atoms with van der Waals surface area (Å²) in [5.74, 6) is 0.0331. The summed E-state index contributed by atoms with van der Waals surface area (Å²) in [5, 5.41) is 5.14. The van der Waals surface area contributed by atoms with E-state index in [9.17, 15) is 4.79 Å². The number of hydrogen-bond donors (Lipinski definition) is 0. The molecule has 8 nitrogen and oxygen atoms in total. The first-order chi connectivity index (χ1) is 15.2. The molecule has 162 valence electrons. The van der Waals surface area contributed by atoms with E-state index in [1.807, 2.05) is 59.2 Å². The lowest BCUT2D eigenvalue weighted by Crippen LogP contribution is -2.41. The normalized spacial score (nSPS) is 20.3. The van der Waals surface area contributed by atoms with Crippen molar-refractivity contribution in [2.45, 2.75) is 12.6 Å². The highest BCUT2D eigenvalue weighted by atomic mass is 16.5. The number of hydrogen-bond acceptors (Lipinski definition) is 6. The topological polar surface area (TPSA) is 72.7 Å². The van der Waals surface area contributed by atoms with Gasteiger partial charge in [-0.25, -0.2) is 4.98 Å². The van der Waals surface area contributed by atoms with Gasteiger partial charge in [0.15, 0.2) is 0 Å². The van der Waals surface area contributed by atoms with Crippen LogP contribution in [0.1, 0.15) is 27.8 Å². The van der Waals surface area contributed by atoms with E-state index in [2.05, 4.69) is 10.00 Å². The van der Waals surface area contributed by atoms with Crippen LogP contribution in [0.5, 0.6) is 0 Å². The first-order valence-electron chi connectivity index (χ1n) is 10.8. The summed E-state index contributed by atoms with van der Waals surface area (Å²) in [5.41, 5.74) is 3.49. The highest BCUT2D eigenvalue weighted by molar-refractivity contribution is 6.06. The van der Waals surface area contributed by atoms with Gasteiger partial charge >= 0.3 is 0 Å². The molecule has 2 aromatic heterocycles. The molecule has 1 amide bonds. The molecule has 2 saturated heterocycles. The number of rotatable bonds is 4. The number of fused-ring (bicyclic) bond motifs is 1. The summed E-state index contributed by atoms with van der Waals surface area (Å²) in [6.45, 7) is 5.41. The zero-order chi connectivity index (χ0) is 21.2. The Morgan fingerprint density at radius 1 is 1.13 bits per heavy atom. The number of carbonyl (C=O) groups is 1. The molecule has 0 radical (unpaired) electrons. The van der Waals surface area contributed by atoms with E-state index in [0.717, 1.165) is 41.9 Å². The Balaban J connectivity index is 1.44. The van der Waals surface area contributed by atoms with Gasteiger partial charge in [-0.2, -0.15) is 5.10 Å². The molecule has 2 aliphatic heterocycles. The smallest absolute Gasteiger partial charge is 0.254 e. The van der Waals surface area contributed by atoms with Crippen molar-refractivity contribution < 1.29 is 14.3 Å². The summed E-state index contributed by atoms with van der Waals surface area (Å²) in [4.78, 5) is 22.4. The Hall–Kier alpha value is -2.81. The molecule has 2 aliphatic rings. The molecule has 8 heteroatoms. The van der Waals surface area contributed by atoms with Crippen molar-refractivity contribution >= 4 is 16.8 Å². The molecule has 0 saturated carbocycles. The SMILES string of the molecule is Cn1nccc1CN1CCOC(c2cc(C(=O)N3CCOCC3)c3ccccc3n2)C1. The van der Waals surface area contributed by atoms with Crippen molar-refractivity contribution in [3.63, 3.8) is 0 Å². The molecule has 0 N–H and O–H groups in total. The number of carbonyl (C=O) groups excluding carboxylic acids is 1. The molecule has 1 atom stereocenters. The van der Waals surface area contributed by atoms with Crippen molar-refractivity contribution in [3.05, 3.63) is 59.5 Å². The van der Waals surface area contributed by atoms with Crippen LogP contribution >= 0.6 is 0 Å². The van der Waals surface area contributed by atoms with Crippen LogP contribution in [0.25, 0.3) is 10.9 Å². The lowest BCUT2D eigenvalue weighted by Gasteiger charge is -2.33. The molecular formula is C23H27N5O3. The lowest BCUT2D eigenvalue weighted by atomic mass is 10.0. The fraction of sp³-hybridized carbons (Fsp3) is 0.435. The number of pyridine rings is 1. The van der Waals surface area contributed by atoms with Crippen molar-refractivity contribution in [1.29, 1.82) is 0 Å². The Morgan fingerprint density at radius 3 is 2.77 bits per heavy atom. The van der Waals surface area contributed by atoms with Gasteiger partial charge in [-0.3, -0.25) is 14.4 Å². The van der Waals surface area contributed by atoms with E-state index >= 15 is 0 Å². The Labute approximate surface area is 181 Å². The summed E-state index contributed by atoms with van der Waals surface area (Å²) in [6, 6.07) is 11.8. The van der Waals surface area contributed by atoms with Gasteiger partial charge in [0.05, 0.1) is 42.3 Å². The summed E-state index contributed by atoms with van der Waals surface area (Å²) < 4.78 is 13.4. The standard InChI is InChI=1S/C23H27N5O3/c1-26-17(6-7-24-26)15-27-8-13-31-22(16-27)21-14-19(18-4-2-3-5-20(18)25-21)23(29)28-9-11-30-12-10-28/h2-7,14,22H,8-13,15-16H2,1H3. The molecular weight excluding hydrogens is 394 g/mol. The lowest BCUT2D eigenvalue weighted by molar-refractivity contribution is -0.0355. The van der Waals surface area contributed by atoms with E-state index in [1.165, 1.54) is 0 Å². The fourth-order valence-corrected chi connectivity index (χ4v) is 4.29. The molecule has 1 aromatic carbocycles. The van der Waals surface area contributed by atoms with Crippen LogP contribution in [0.15, 0.2) is 42.6 Å². The highest BCUT2D eigenvalue weighted by Crippen LogP contribution is 2.27. The van der Waals surface area contributed by atoms with Crippen molar-refractivity contribution in [3.8, 4) is 0 Å². The van der Waals surface area contributed by atoms with E-state index in [1.54, 1.807) is 0 Å². The van der Waals surface area contributed by atoms with Gasteiger partial charge in [-0.1, -0.05) is 18.2 Å². The third-order valence-corrected chi connectivity index (χ3v) is 6.05. The molecule has 0 spiro atoms. The molecule has 1 unspecified atom stereocenters. The second-order valence-corrected chi connectivity index (χ2v) is 8.06. The molecule has 3 aromatic rings. The molecule has 4 heterocycles. The minimum Gasteiger partial charge on any atom is -0.378 e. The average Bonchev–Trinajstić information content (AvgIpc) is 3.22. The van der Waals surface area contributed by atoms with Crippen LogP contribution < -0.4 is 0 Å². The molecule has 0 aliphatic carbocycles. The molecule has 0 bridgehead atoms. The maximum absolute atomic E-state index is 13.3. The van der Waals surface area contributed by atoms with Gasteiger partial charge in [-0.05, 0) is 18.2 Å². The van der Waals surface area contributed by atoms with Gasteiger partial charge in [0.25, 0.3) is 5.91 Å². The van der Waals surface area contributed by atoms with Crippen molar-refractivity contribution in [2.75, 3.05) is 46.0 Å². The summed E-state index contributed by atoms with van der Waals surface area (Å²) >= 11 is 0. The minimum absolute atomic E-state index is 0.0331. The van der Waals surface area contributed by atoms with E-state index in [4.69, 9.17) is 14.5 Å². The number of amides is 1. The minimum atomic E-state index is -0.178. The van der Waals surface area contributed by atoms with Crippen LogP contribution in [-0.4, -0.2) is 76.5 Å². The van der Waals surface area contributed by atoms with Gasteiger partial charge in [-0.15, -0.1) is 0 Å². The van der Waals surface area contributed by atoms with E-state index < -0.39 is 0 Å². The quantitative estimate of drug-likeness (QED) is 0.642. The van der Waals surface area contributed by atoms with Gasteiger partial charge in [0.2, 0.25) is 0 Å². The first-order valence-corrected chi connectivity index (χ1v) is 10.8. The Morgan fingerprint density at radius 2 is 1.97 bits per heavy atom. The number of aryl methyl sites for hydroxylation is 1. The predicted molar refractivity (Wildman–Crippen MR) is 116 cm³/mol. The van der Waals surface area contributed by atoms with Crippen LogP contribution in [0.3, 0.4) is 0 Å². The van der Waals surface area contributed by atoms with Crippen molar-refractivity contribution in [2.24, 2.45) is 7.05 Å².